The highest BCUT2D eigenvalue weighted by molar-refractivity contribution is 6.34. The number of halogens is 2. The zero-order valence-electron chi connectivity index (χ0n) is 17.1. The topological polar surface area (TPSA) is 84.9 Å². The van der Waals surface area contributed by atoms with Crippen LogP contribution in [0.15, 0.2) is 36.4 Å². The van der Waals surface area contributed by atoms with Crippen molar-refractivity contribution in [1.82, 2.24) is 4.90 Å². The van der Waals surface area contributed by atoms with E-state index in [-0.39, 0.29) is 41.3 Å². The van der Waals surface area contributed by atoms with E-state index in [9.17, 15) is 14.4 Å². The van der Waals surface area contributed by atoms with Crippen molar-refractivity contribution in [3.8, 4) is 5.75 Å². The maximum atomic E-state index is 13.2. The van der Waals surface area contributed by atoms with Crippen LogP contribution < -0.4 is 10.1 Å². The van der Waals surface area contributed by atoms with E-state index < -0.39 is 6.10 Å². The molecule has 7 nitrogen and oxygen atoms in total. The lowest BCUT2D eigenvalue weighted by molar-refractivity contribution is -0.114. The first-order valence-electron chi connectivity index (χ1n) is 9.66. The lowest BCUT2D eigenvalue weighted by atomic mass is 10.1. The van der Waals surface area contributed by atoms with Gasteiger partial charge in [-0.3, -0.25) is 14.4 Å². The highest BCUT2D eigenvalue weighted by Gasteiger charge is 2.28. The molecule has 1 N–H and O–H groups in total. The number of carbonyl (C=O) groups excluding carboxylic acids is 3. The molecule has 1 saturated heterocycles. The lowest BCUT2D eigenvalue weighted by Gasteiger charge is -2.33. The van der Waals surface area contributed by atoms with Crippen LogP contribution in [0.4, 0.5) is 5.69 Å². The molecule has 1 fully saturated rings. The van der Waals surface area contributed by atoms with Crippen LogP contribution in [0, 0.1) is 0 Å². The van der Waals surface area contributed by atoms with Gasteiger partial charge in [0.05, 0.1) is 35.0 Å². The number of nitrogens with zero attached hydrogens (tertiary/aromatic N) is 1. The first-order chi connectivity index (χ1) is 14.8. The molecule has 1 aliphatic rings. The Morgan fingerprint density at radius 2 is 1.97 bits per heavy atom. The van der Waals surface area contributed by atoms with E-state index in [2.05, 4.69) is 5.32 Å². The zero-order chi connectivity index (χ0) is 22.5. The summed E-state index contributed by atoms with van der Waals surface area (Å²) in [7, 11) is 0. The van der Waals surface area contributed by atoms with E-state index in [4.69, 9.17) is 32.7 Å². The number of nitrogens with one attached hydrogen (secondary N) is 1. The normalized spacial score (nSPS) is 16.0. The van der Waals surface area contributed by atoms with Gasteiger partial charge in [0.2, 0.25) is 5.91 Å². The fourth-order valence-electron chi connectivity index (χ4n) is 3.28. The maximum absolute atomic E-state index is 13.2. The molecule has 2 amide bonds. The summed E-state index contributed by atoms with van der Waals surface area (Å²) in [6.45, 7) is 3.91. The van der Waals surface area contributed by atoms with Crippen molar-refractivity contribution in [2.75, 3.05) is 31.6 Å². The number of morpholine rings is 1. The lowest BCUT2D eigenvalue weighted by Crippen LogP contribution is -2.47. The second-order valence-electron chi connectivity index (χ2n) is 7.10. The van der Waals surface area contributed by atoms with E-state index in [0.29, 0.717) is 35.2 Å². The van der Waals surface area contributed by atoms with Crippen molar-refractivity contribution in [2.24, 2.45) is 0 Å². The van der Waals surface area contributed by atoms with Crippen molar-refractivity contribution in [3.63, 3.8) is 0 Å². The summed E-state index contributed by atoms with van der Waals surface area (Å²) in [5.41, 5.74) is 0.973. The van der Waals surface area contributed by atoms with Crippen LogP contribution >= 0.6 is 23.2 Å². The van der Waals surface area contributed by atoms with Gasteiger partial charge in [0.15, 0.2) is 5.78 Å². The Bertz CT molecular complexity index is 1010. The summed E-state index contributed by atoms with van der Waals surface area (Å²) in [4.78, 5) is 38.1. The Balaban J connectivity index is 1.71. The Labute approximate surface area is 190 Å². The molecule has 1 heterocycles. The monoisotopic (exact) mass is 464 g/mol. The first kappa shape index (κ1) is 23.1. The molecule has 2 aromatic carbocycles. The minimum atomic E-state index is -0.403. The number of ether oxygens (including phenoxy) is 2. The minimum Gasteiger partial charge on any atom is -0.490 e. The minimum absolute atomic E-state index is 0.146. The average molecular weight is 465 g/mol. The highest BCUT2D eigenvalue weighted by Crippen LogP contribution is 2.27. The Kier molecular flexibility index (Phi) is 7.54. The third-order valence-corrected chi connectivity index (χ3v) is 5.26. The molecule has 0 radical (unpaired) electrons. The molecule has 0 aliphatic carbocycles. The second kappa shape index (κ2) is 10.1. The molecule has 0 spiro atoms. The number of rotatable bonds is 6. The molecular formula is C22H22Cl2N2O5. The molecule has 2 aromatic rings. The number of ketones is 1. The summed E-state index contributed by atoms with van der Waals surface area (Å²) in [6.07, 6.45) is -0.403. The molecule has 0 saturated carbocycles. The molecule has 164 valence electrons. The molecule has 1 aliphatic heterocycles. The summed E-state index contributed by atoms with van der Waals surface area (Å²) >= 11 is 12.2. The number of Topliss-reactive ketones (excluding diaryl/α,β-unsaturated/α-hetero) is 1. The van der Waals surface area contributed by atoms with Crippen molar-refractivity contribution < 1.29 is 23.9 Å². The van der Waals surface area contributed by atoms with Crippen LogP contribution in [-0.4, -0.2) is 54.9 Å². The number of hydrogen-bond donors (Lipinski definition) is 1. The maximum Gasteiger partial charge on any atom is 0.257 e. The quantitative estimate of drug-likeness (QED) is 0.651. The number of hydrogen-bond acceptors (Lipinski definition) is 5. The van der Waals surface area contributed by atoms with Crippen LogP contribution in [0.3, 0.4) is 0 Å². The van der Waals surface area contributed by atoms with E-state index in [1.165, 1.54) is 13.8 Å². The third-order valence-electron chi connectivity index (χ3n) is 4.71. The van der Waals surface area contributed by atoms with Gasteiger partial charge in [0.1, 0.15) is 18.5 Å². The number of benzene rings is 2. The van der Waals surface area contributed by atoms with Gasteiger partial charge in [-0.15, -0.1) is 0 Å². The van der Waals surface area contributed by atoms with E-state index in [1.807, 2.05) is 0 Å². The van der Waals surface area contributed by atoms with E-state index in [1.54, 1.807) is 41.3 Å². The number of amides is 2. The van der Waals surface area contributed by atoms with Crippen molar-refractivity contribution in [2.45, 2.75) is 20.0 Å². The Morgan fingerprint density at radius 3 is 2.68 bits per heavy atom. The van der Waals surface area contributed by atoms with Crippen molar-refractivity contribution in [3.05, 3.63) is 57.6 Å². The molecule has 1 unspecified atom stereocenters. The third kappa shape index (κ3) is 5.76. The highest BCUT2D eigenvalue weighted by atomic mass is 35.5. The fourth-order valence-corrected chi connectivity index (χ4v) is 3.71. The largest absolute Gasteiger partial charge is 0.490 e. The van der Waals surface area contributed by atoms with E-state index in [0.717, 1.165) is 0 Å². The molecule has 9 heteroatoms. The fraction of sp³-hybridized carbons (Fsp3) is 0.318. The van der Waals surface area contributed by atoms with Gasteiger partial charge < -0.3 is 19.7 Å². The van der Waals surface area contributed by atoms with Gasteiger partial charge in [-0.05, 0) is 37.3 Å². The van der Waals surface area contributed by atoms with Crippen LogP contribution in [0.25, 0.3) is 0 Å². The van der Waals surface area contributed by atoms with Crippen molar-refractivity contribution >= 4 is 46.5 Å². The Morgan fingerprint density at radius 1 is 1.19 bits per heavy atom. The van der Waals surface area contributed by atoms with Crippen LogP contribution in [0.1, 0.15) is 34.6 Å². The van der Waals surface area contributed by atoms with Crippen molar-refractivity contribution in [1.29, 1.82) is 0 Å². The number of anilines is 1. The standard InChI is InChI=1S/C22H22Cl2N2O5/c1-13(27)17-10-15(23)6-7-20(17)31-12-16-11-26(8-9-30-16)22(29)21-18(24)4-3-5-19(21)25-14(2)28/h3-7,10,16H,8-9,11-12H2,1-2H3,(H,25,28). The molecule has 0 bridgehead atoms. The smallest absolute Gasteiger partial charge is 0.257 e. The van der Waals surface area contributed by atoms with Gasteiger partial charge in [-0.1, -0.05) is 29.3 Å². The first-order valence-corrected chi connectivity index (χ1v) is 10.4. The summed E-state index contributed by atoms with van der Waals surface area (Å²) in [6, 6.07) is 9.73. The second-order valence-corrected chi connectivity index (χ2v) is 7.94. The van der Waals surface area contributed by atoms with Crippen LogP contribution in [0.2, 0.25) is 10.0 Å². The summed E-state index contributed by atoms with van der Waals surface area (Å²) < 4.78 is 11.5. The molecule has 31 heavy (non-hydrogen) atoms. The molecular weight excluding hydrogens is 443 g/mol. The predicted molar refractivity (Wildman–Crippen MR) is 118 cm³/mol. The predicted octanol–water partition coefficient (Wildman–Crippen LogP) is 4.07. The van der Waals surface area contributed by atoms with E-state index >= 15 is 0 Å². The van der Waals surface area contributed by atoms with Gasteiger partial charge in [0.25, 0.3) is 5.91 Å². The Hall–Kier alpha value is -2.61. The SMILES string of the molecule is CC(=O)Nc1cccc(Cl)c1C(=O)N1CCOC(COc2ccc(Cl)cc2C(C)=O)C1. The van der Waals surface area contributed by atoms with Gasteiger partial charge >= 0.3 is 0 Å². The molecule has 0 aromatic heterocycles. The summed E-state index contributed by atoms with van der Waals surface area (Å²) in [5, 5.41) is 3.34. The summed E-state index contributed by atoms with van der Waals surface area (Å²) in [5.74, 6) is -0.363. The number of carbonyl (C=O) groups is 3. The van der Waals surface area contributed by atoms with Gasteiger partial charge in [-0.25, -0.2) is 0 Å². The van der Waals surface area contributed by atoms with Crippen LogP contribution in [0.5, 0.6) is 5.75 Å². The average Bonchev–Trinajstić information content (AvgIpc) is 2.72. The molecule has 3 rings (SSSR count). The van der Waals surface area contributed by atoms with Crippen LogP contribution in [-0.2, 0) is 9.53 Å². The van der Waals surface area contributed by atoms with Gasteiger partial charge in [-0.2, -0.15) is 0 Å². The molecule has 1 atom stereocenters. The van der Waals surface area contributed by atoms with Gasteiger partial charge in [0, 0.05) is 18.5 Å². The zero-order valence-corrected chi connectivity index (χ0v) is 18.6.